The van der Waals surface area contributed by atoms with Crippen LogP contribution in [0.25, 0.3) is 0 Å². The lowest BCUT2D eigenvalue weighted by molar-refractivity contribution is 0.923. The highest BCUT2D eigenvalue weighted by molar-refractivity contribution is 7.28. The largest absolute Gasteiger partial charge is 0.0765 e. The van der Waals surface area contributed by atoms with Crippen molar-refractivity contribution in [3.63, 3.8) is 0 Å². The molecule has 1 aromatic rings. The van der Waals surface area contributed by atoms with Crippen LogP contribution in [0.2, 0.25) is 0 Å². The van der Waals surface area contributed by atoms with Gasteiger partial charge >= 0.3 is 0 Å². The Bertz CT molecular complexity index is 157. The summed E-state index contributed by atoms with van der Waals surface area (Å²) in [6.07, 6.45) is 2.48. The van der Waals surface area contributed by atoms with Gasteiger partial charge in [0.25, 0.3) is 0 Å². The highest BCUT2D eigenvalue weighted by Gasteiger charge is 1.84. The zero-order valence-corrected chi connectivity index (χ0v) is 6.57. The molecule has 0 aliphatic rings. The number of aryl methyl sites for hydroxylation is 1. The minimum absolute atomic E-state index is 1.22. The van der Waals surface area contributed by atoms with Crippen molar-refractivity contribution in [2.24, 2.45) is 0 Å². The molecule has 1 aromatic heterocycles. The molecule has 0 radical (unpaired) electrons. The molecule has 1 heteroatoms. The summed E-state index contributed by atoms with van der Waals surface area (Å²) in [5.74, 6) is 4.37. The van der Waals surface area contributed by atoms with Crippen LogP contribution in [0, 0.1) is 0 Å². The fraction of sp³-hybridized carbons (Fsp3) is 0.375. The molecule has 0 atom stereocenters. The summed E-state index contributed by atoms with van der Waals surface area (Å²) in [5.41, 5.74) is 1.47. The Balaban J connectivity index is 2.61. The lowest BCUT2D eigenvalue weighted by Crippen LogP contribution is -1.77. The van der Waals surface area contributed by atoms with Crippen molar-refractivity contribution in [2.75, 3.05) is 0 Å². The molecule has 0 saturated heterocycles. The van der Waals surface area contributed by atoms with Crippen molar-refractivity contribution < 1.29 is 0 Å². The molecule has 0 fully saturated rings. The van der Waals surface area contributed by atoms with Crippen molar-refractivity contribution in [3.05, 3.63) is 29.3 Å². The van der Waals surface area contributed by atoms with E-state index in [9.17, 15) is 0 Å². The van der Waals surface area contributed by atoms with Crippen molar-refractivity contribution in [1.29, 1.82) is 0 Å². The quantitative estimate of drug-likeness (QED) is 0.588. The Labute approximate surface area is 58.0 Å². The van der Waals surface area contributed by atoms with E-state index in [0.717, 1.165) is 0 Å². The molecule has 0 bridgehead atoms. The van der Waals surface area contributed by atoms with E-state index in [4.69, 9.17) is 0 Å². The van der Waals surface area contributed by atoms with Gasteiger partial charge in [-0.1, -0.05) is 33.7 Å². The summed E-state index contributed by atoms with van der Waals surface area (Å²) in [6, 6.07) is 4.43. The lowest BCUT2D eigenvalue weighted by atomic mass is 10.2. The van der Waals surface area contributed by atoms with Crippen molar-refractivity contribution >= 4 is 8.19 Å². The topological polar surface area (TPSA) is 0 Å². The Kier molecular flexibility index (Phi) is 2.73. The molecule has 0 aliphatic carbocycles. The molecular formula is C8H11P. The number of hydrogen-bond donors (Lipinski definition) is 0. The molecule has 48 valence electrons. The van der Waals surface area contributed by atoms with Crippen molar-refractivity contribution in [3.8, 4) is 0 Å². The van der Waals surface area contributed by atoms with E-state index in [1.54, 1.807) is 0 Å². The summed E-state index contributed by atoms with van der Waals surface area (Å²) in [4.78, 5) is 0. The molecule has 0 unspecified atom stereocenters. The molecular weight excluding hydrogens is 127 g/mol. The standard InChI is InChI=1S/C8H11P/c1-2-3-8-4-6-9-7-5-8/h4-7H,2-3H2,1H3. The van der Waals surface area contributed by atoms with Gasteiger partial charge in [0, 0.05) is 0 Å². The molecule has 0 spiro atoms. The summed E-state index contributed by atoms with van der Waals surface area (Å²) < 4.78 is 0. The maximum absolute atomic E-state index is 2.21. The van der Waals surface area contributed by atoms with Crippen LogP contribution in [0.1, 0.15) is 18.9 Å². The zero-order valence-electron chi connectivity index (χ0n) is 5.67. The highest BCUT2D eigenvalue weighted by Crippen LogP contribution is 2.08. The molecule has 0 N–H and O–H groups in total. The van der Waals surface area contributed by atoms with Gasteiger partial charge in [-0.2, -0.15) is 0 Å². The molecule has 0 amide bonds. The number of rotatable bonds is 2. The van der Waals surface area contributed by atoms with E-state index < -0.39 is 0 Å². The van der Waals surface area contributed by atoms with E-state index >= 15 is 0 Å². The second kappa shape index (κ2) is 3.63. The lowest BCUT2D eigenvalue weighted by Gasteiger charge is -1.93. The van der Waals surface area contributed by atoms with E-state index in [2.05, 4.69) is 30.7 Å². The van der Waals surface area contributed by atoms with Gasteiger partial charge in [-0.15, -0.1) is 0 Å². The van der Waals surface area contributed by atoms with Gasteiger partial charge in [0.2, 0.25) is 0 Å². The first kappa shape index (κ1) is 6.77. The van der Waals surface area contributed by atoms with Crippen molar-refractivity contribution in [1.82, 2.24) is 0 Å². The van der Waals surface area contributed by atoms with E-state index in [1.807, 2.05) is 0 Å². The fourth-order valence-corrected chi connectivity index (χ4v) is 1.49. The molecule has 0 aliphatic heterocycles. The molecule has 0 nitrogen and oxygen atoms in total. The van der Waals surface area contributed by atoms with Gasteiger partial charge in [0.1, 0.15) is 0 Å². The maximum Gasteiger partial charge on any atom is -0.0281 e. The van der Waals surface area contributed by atoms with Crippen LogP contribution >= 0.6 is 8.19 Å². The third-order valence-electron chi connectivity index (χ3n) is 1.29. The third kappa shape index (κ3) is 2.15. The smallest absolute Gasteiger partial charge is 0.0281 e. The minimum atomic E-state index is 1.22. The van der Waals surface area contributed by atoms with Crippen LogP contribution in [0.5, 0.6) is 0 Å². The first-order valence-corrected chi connectivity index (χ1v) is 4.35. The Hall–Kier alpha value is -0.350. The average Bonchev–Trinajstić information content (AvgIpc) is 1.91. The second-order valence-corrected chi connectivity index (χ2v) is 3.00. The summed E-state index contributed by atoms with van der Waals surface area (Å²) in [6.45, 7) is 2.21. The Morgan fingerprint density at radius 3 is 2.56 bits per heavy atom. The molecule has 1 heterocycles. The predicted molar refractivity (Wildman–Crippen MR) is 43.0 cm³/mol. The molecule has 0 saturated carbocycles. The summed E-state index contributed by atoms with van der Waals surface area (Å²) in [7, 11) is 1.33. The van der Waals surface area contributed by atoms with E-state index in [-0.39, 0.29) is 0 Å². The highest BCUT2D eigenvalue weighted by atomic mass is 31.0. The van der Waals surface area contributed by atoms with Gasteiger partial charge in [-0.25, -0.2) is 0 Å². The van der Waals surface area contributed by atoms with Gasteiger partial charge in [-0.3, -0.25) is 0 Å². The Morgan fingerprint density at radius 1 is 1.33 bits per heavy atom. The van der Waals surface area contributed by atoms with Crippen LogP contribution in [-0.2, 0) is 6.42 Å². The molecule has 9 heavy (non-hydrogen) atoms. The molecule has 1 rings (SSSR count). The van der Waals surface area contributed by atoms with Crippen LogP contribution < -0.4 is 0 Å². The first-order valence-electron chi connectivity index (χ1n) is 3.32. The number of hydrogen-bond acceptors (Lipinski definition) is 0. The van der Waals surface area contributed by atoms with E-state index in [0.29, 0.717) is 0 Å². The molecule has 0 aromatic carbocycles. The zero-order chi connectivity index (χ0) is 6.53. The monoisotopic (exact) mass is 138 g/mol. The normalized spacial score (nSPS) is 9.44. The first-order chi connectivity index (χ1) is 4.43. The van der Waals surface area contributed by atoms with Gasteiger partial charge in [-0.05, 0) is 23.6 Å². The summed E-state index contributed by atoms with van der Waals surface area (Å²) >= 11 is 0. The minimum Gasteiger partial charge on any atom is -0.0765 e. The second-order valence-electron chi connectivity index (χ2n) is 2.11. The van der Waals surface area contributed by atoms with Crippen molar-refractivity contribution in [2.45, 2.75) is 19.8 Å². The predicted octanol–water partition coefficient (Wildman–Crippen LogP) is 3.22. The summed E-state index contributed by atoms with van der Waals surface area (Å²) in [5, 5.41) is 0. The third-order valence-corrected chi connectivity index (χ3v) is 1.93. The van der Waals surface area contributed by atoms with Gasteiger partial charge < -0.3 is 0 Å². The van der Waals surface area contributed by atoms with Crippen LogP contribution in [0.3, 0.4) is 0 Å². The van der Waals surface area contributed by atoms with Crippen LogP contribution in [0.4, 0.5) is 0 Å². The SMILES string of the molecule is CCCc1ccpcc1. The Morgan fingerprint density at radius 2 is 2.00 bits per heavy atom. The maximum atomic E-state index is 2.21. The van der Waals surface area contributed by atoms with E-state index in [1.165, 1.54) is 26.6 Å². The van der Waals surface area contributed by atoms with Crippen LogP contribution in [0.15, 0.2) is 23.7 Å². The van der Waals surface area contributed by atoms with Crippen LogP contribution in [-0.4, -0.2) is 0 Å². The van der Waals surface area contributed by atoms with Gasteiger partial charge in [0.15, 0.2) is 0 Å². The fourth-order valence-electron chi connectivity index (χ4n) is 0.838. The van der Waals surface area contributed by atoms with Gasteiger partial charge in [0.05, 0.1) is 0 Å². The average molecular weight is 138 g/mol.